The van der Waals surface area contributed by atoms with Crippen molar-refractivity contribution >= 4 is 50.3 Å². The third-order valence-electron chi connectivity index (χ3n) is 5.78. The fourth-order valence-electron chi connectivity index (χ4n) is 4.10. The number of hydrogen-bond donors (Lipinski definition) is 1. The first kappa shape index (κ1) is 24.9. The third-order valence-corrected chi connectivity index (χ3v) is 6.62. The molecular formula is C28H24BrClN2O3. The summed E-state index contributed by atoms with van der Waals surface area (Å²) in [5.74, 6) is -1.47. The van der Waals surface area contributed by atoms with Gasteiger partial charge in [-0.15, -0.1) is 0 Å². The normalized spacial score (nSPS) is 11.8. The van der Waals surface area contributed by atoms with Crippen molar-refractivity contribution in [1.82, 2.24) is 10.3 Å². The molecule has 4 aromatic rings. The van der Waals surface area contributed by atoms with Crippen molar-refractivity contribution in [2.45, 2.75) is 19.8 Å². The Bertz CT molecular complexity index is 1390. The van der Waals surface area contributed by atoms with Crippen LogP contribution >= 0.6 is 27.5 Å². The van der Waals surface area contributed by atoms with Crippen LogP contribution in [0.4, 0.5) is 0 Å². The highest BCUT2D eigenvalue weighted by molar-refractivity contribution is 9.10. The van der Waals surface area contributed by atoms with Crippen LogP contribution in [-0.4, -0.2) is 30.0 Å². The lowest BCUT2D eigenvalue weighted by molar-refractivity contribution is -0.144. The average molecular weight is 552 g/mol. The zero-order valence-electron chi connectivity index (χ0n) is 19.3. The summed E-state index contributed by atoms with van der Waals surface area (Å²) in [7, 11) is 0. The van der Waals surface area contributed by atoms with Gasteiger partial charge in [0.2, 0.25) is 0 Å². The van der Waals surface area contributed by atoms with Crippen LogP contribution in [0.15, 0.2) is 77.3 Å². The van der Waals surface area contributed by atoms with E-state index in [2.05, 4.69) is 21.2 Å². The van der Waals surface area contributed by atoms with Crippen LogP contribution in [0.1, 0.15) is 34.3 Å². The molecule has 0 bridgehead atoms. The molecule has 1 atom stereocenters. The maximum absolute atomic E-state index is 13.6. The molecule has 1 amide bonds. The summed E-state index contributed by atoms with van der Waals surface area (Å²) in [4.78, 5) is 31.2. The minimum absolute atomic E-state index is 0.0410. The lowest BCUT2D eigenvalue weighted by Crippen LogP contribution is -2.33. The molecule has 0 fully saturated rings. The summed E-state index contributed by atoms with van der Waals surface area (Å²) < 4.78 is 6.11. The summed E-state index contributed by atoms with van der Waals surface area (Å²) in [6.45, 7) is 3.91. The van der Waals surface area contributed by atoms with E-state index >= 15 is 0 Å². The molecule has 3 aromatic carbocycles. The number of nitrogens with one attached hydrogen (secondary N) is 1. The Morgan fingerprint density at radius 3 is 2.49 bits per heavy atom. The molecule has 5 nitrogen and oxygen atoms in total. The number of pyridine rings is 1. The fourth-order valence-corrected chi connectivity index (χ4v) is 4.73. The van der Waals surface area contributed by atoms with Crippen LogP contribution in [0, 0.1) is 6.92 Å². The van der Waals surface area contributed by atoms with Crippen molar-refractivity contribution in [1.29, 1.82) is 0 Å². The second-order valence-corrected chi connectivity index (χ2v) is 9.35. The Balaban J connectivity index is 1.74. The first-order valence-corrected chi connectivity index (χ1v) is 12.4. The van der Waals surface area contributed by atoms with Gasteiger partial charge in [-0.25, -0.2) is 4.98 Å². The van der Waals surface area contributed by atoms with Gasteiger partial charge < -0.3 is 10.1 Å². The number of esters is 1. The number of benzene rings is 3. The van der Waals surface area contributed by atoms with Crippen molar-refractivity contribution < 1.29 is 14.3 Å². The number of halogens is 2. The Labute approximate surface area is 217 Å². The van der Waals surface area contributed by atoms with Crippen molar-refractivity contribution in [2.75, 3.05) is 13.2 Å². The SMILES string of the molecule is CCOC(=O)C(CNC(=O)c1c(C)c(-c2ccccc2)nc2ccc(Br)cc12)c1ccccc1Cl. The van der Waals surface area contributed by atoms with Gasteiger partial charge in [-0.3, -0.25) is 9.59 Å². The van der Waals surface area contributed by atoms with E-state index in [-0.39, 0.29) is 19.1 Å². The number of nitrogens with zero attached hydrogens (tertiary/aromatic N) is 1. The Hall–Kier alpha value is -3.22. The fraction of sp³-hybridized carbons (Fsp3) is 0.179. The Morgan fingerprint density at radius 2 is 1.77 bits per heavy atom. The van der Waals surface area contributed by atoms with E-state index in [1.165, 1.54) is 0 Å². The number of amides is 1. The maximum atomic E-state index is 13.6. The molecule has 0 radical (unpaired) electrons. The zero-order chi connectivity index (χ0) is 24.9. The predicted octanol–water partition coefficient (Wildman–Crippen LogP) is 6.70. The van der Waals surface area contributed by atoms with E-state index in [0.717, 1.165) is 26.7 Å². The minimum Gasteiger partial charge on any atom is -0.465 e. The number of aromatic nitrogens is 1. The van der Waals surface area contributed by atoms with E-state index < -0.39 is 11.9 Å². The number of carbonyl (C=O) groups excluding carboxylic acids is 2. The van der Waals surface area contributed by atoms with Crippen molar-refractivity contribution in [3.8, 4) is 11.3 Å². The average Bonchev–Trinajstić information content (AvgIpc) is 2.85. The van der Waals surface area contributed by atoms with Gasteiger partial charge >= 0.3 is 5.97 Å². The molecule has 0 aliphatic rings. The number of ether oxygens (including phenoxy) is 1. The smallest absolute Gasteiger partial charge is 0.315 e. The summed E-state index contributed by atoms with van der Waals surface area (Å²) >= 11 is 9.88. The van der Waals surface area contributed by atoms with Crippen LogP contribution in [0.2, 0.25) is 5.02 Å². The first-order valence-electron chi connectivity index (χ1n) is 11.2. The molecule has 0 aliphatic carbocycles. The van der Waals surface area contributed by atoms with Gasteiger partial charge in [0, 0.05) is 27.0 Å². The molecule has 0 saturated heterocycles. The number of rotatable bonds is 7. The summed E-state index contributed by atoms with van der Waals surface area (Å²) in [6.07, 6.45) is 0. The van der Waals surface area contributed by atoms with Gasteiger partial charge in [-0.1, -0.05) is 76.1 Å². The molecule has 4 rings (SSSR count). The summed E-state index contributed by atoms with van der Waals surface area (Å²) in [5, 5.41) is 4.12. The molecule has 0 saturated carbocycles. The molecule has 178 valence electrons. The molecule has 1 unspecified atom stereocenters. The highest BCUT2D eigenvalue weighted by atomic mass is 79.9. The van der Waals surface area contributed by atoms with Gasteiger partial charge in [0.15, 0.2) is 0 Å². The van der Waals surface area contributed by atoms with Crippen molar-refractivity contribution in [3.63, 3.8) is 0 Å². The molecule has 0 spiro atoms. The molecular weight excluding hydrogens is 528 g/mol. The first-order chi connectivity index (χ1) is 16.9. The topological polar surface area (TPSA) is 68.3 Å². The van der Waals surface area contributed by atoms with Crippen LogP contribution in [0.5, 0.6) is 0 Å². The number of hydrogen-bond acceptors (Lipinski definition) is 4. The predicted molar refractivity (Wildman–Crippen MR) is 143 cm³/mol. The third kappa shape index (κ3) is 5.39. The summed E-state index contributed by atoms with van der Waals surface area (Å²) in [5.41, 5.74) is 4.23. The van der Waals surface area contributed by atoms with E-state index in [4.69, 9.17) is 21.3 Å². The van der Waals surface area contributed by atoms with E-state index in [1.54, 1.807) is 31.2 Å². The highest BCUT2D eigenvalue weighted by Crippen LogP contribution is 2.32. The number of carbonyl (C=O) groups is 2. The standard InChI is InChI=1S/C28H24BrClN2O3/c1-3-35-28(34)22(20-11-7-8-12-23(20)30)16-31-27(33)25-17(2)26(18-9-5-4-6-10-18)32-24-14-13-19(29)15-21(24)25/h4-15,22H,3,16H2,1-2H3,(H,31,33). The van der Waals surface area contributed by atoms with Crippen LogP contribution in [0.25, 0.3) is 22.2 Å². The highest BCUT2D eigenvalue weighted by Gasteiger charge is 2.26. The molecule has 1 heterocycles. The van der Waals surface area contributed by atoms with Crippen LogP contribution in [-0.2, 0) is 9.53 Å². The monoisotopic (exact) mass is 550 g/mol. The second-order valence-electron chi connectivity index (χ2n) is 8.02. The van der Waals surface area contributed by atoms with E-state index in [9.17, 15) is 9.59 Å². The maximum Gasteiger partial charge on any atom is 0.315 e. The molecule has 7 heteroatoms. The van der Waals surface area contributed by atoms with Gasteiger partial charge in [-0.2, -0.15) is 0 Å². The lowest BCUT2D eigenvalue weighted by Gasteiger charge is -2.19. The van der Waals surface area contributed by atoms with Crippen molar-refractivity contribution in [2.24, 2.45) is 0 Å². The van der Waals surface area contributed by atoms with Gasteiger partial charge in [-0.05, 0) is 49.2 Å². The quantitative estimate of drug-likeness (QED) is 0.259. The summed E-state index contributed by atoms with van der Waals surface area (Å²) in [6, 6.07) is 22.5. The minimum atomic E-state index is -0.735. The molecule has 1 N–H and O–H groups in total. The Morgan fingerprint density at radius 1 is 1.06 bits per heavy atom. The van der Waals surface area contributed by atoms with E-state index in [0.29, 0.717) is 21.7 Å². The Kier molecular flexibility index (Phi) is 7.83. The van der Waals surface area contributed by atoms with Gasteiger partial charge in [0.25, 0.3) is 5.91 Å². The van der Waals surface area contributed by atoms with Gasteiger partial charge in [0.1, 0.15) is 5.92 Å². The van der Waals surface area contributed by atoms with Crippen LogP contribution in [0.3, 0.4) is 0 Å². The lowest BCUT2D eigenvalue weighted by atomic mass is 9.96. The zero-order valence-corrected chi connectivity index (χ0v) is 21.7. The molecule has 0 aliphatic heterocycles. The number of fused-ring (bicyclic) bond motifs is 1. The largest absolute Gasteiger partial charge is 0.465 e. The molecule has 35 heavy (non-hydrogen) atoms. The molecule has 1 aromatic heterocycles. The van der Waals surface area contributed by atoms with E-state index in [1.807, 2.05) is 55.5 Å². The van der Waals surface area contributed by atoms with Gasteiger partial charge in [0.05, 0.1) is 23.4 Å². The second kappa shape index (κ2) is 11.0. The van der Waals surface area contributed by atoms with Crippen molar-refractivity contribution in [3.05, 3.63) is 99.0 Å². The van der Waals surface area contributed by atoms with Crippen LogP contribution < -0.4 is 5.32 Å².